The van der Waals surface area contributed by atoms with Crippen LogP contribution in [0.5, 0.6) is 5.75 Å². The van der Waals surface area contributed by atoms with Crippen molar-refractivity contribution in [3.8, 4) is 5.75 Å². The summed E-state index contributed by atoms with van der Waals surface area (Å²) < 4.78 is 24.2. The number of fused-ring (bicyclic) bond motifs is 1. The molecule has 2 aliphatic rings. The molecule has 0 spiro atoms. The monoisotopic (exact) mass is 403 g/mol. The number of nitrogens with zero attached hydrogens (tertiary/aromatic N) is 4. The van der Waals surface area contributed by atoms with Crippen molar-refractivity contribution in [1.82, 2.24) is 19.9 Å². The zero-order chi connectivity index (χ0) is 20.4. The average Bonchev–Trinajstić information content (AvgIpc) is 3.40. The third kappa shape index (κ3) is 4.34. The molecule has 2 fully saturated rings. The summed E-state index contributed by atoms with van der Waals surface area (Å²) >= 11 is 0. The summed E-state index contributed by atoms with van der Waals surface area (Å²) in [6.07, 6.45) is 0.314. The fourth-order valence-electron chi connectivity index (χ4n) is 3.60. The minimum Gasteiger partial charge on any atom is -0.497 e. The van der Waals surface area contributed by atoms with Crippen molar-refractivity contribution in [2.45, 2.75) is 30.9 Å². The van der Waals surface area contributed by atoms with E-state index < -0.39 is 12.2 Å². The maximum absolute atomic E-state index is 12.3. The van der Waals surface area contributed by atoms with Crippen molar-refractivity contribution in [3.63, 3.8) is 0 Å². The molecule has 4 unspecified atom stereocenters. The third-order valence-corrected chi connectivity index (χ3v) is 4.95. The Morgan fingerprint density at radius 1 is 1.24 bits per heavy atom. The molecule has 10 nitrogen and oxygen atoms in total. The fourth-order valence-corrected chi connectivity index (χ4v) is 3.60. The van der Waals surface area contributed by atoms with Crippen LogP contribution in [0, 0.1) is 0 Å². The molecule has 2 saturated heterocycles. The van der Waals surface area contributed by atoms with Crippen LogP contribution in [-0.2, 0) is 20.8 Å². The smallest absolute Gasteiger partial charge is 0.412 e. The van der Waals surface area contributed by atoms with E-state index in [9.17, 15) is 4.79 Å². The molecule has 1 N–H and O–H groups in total. The third-order valence-electron chi connectivity index (χ3n) is 4.95. The minimum atomic E-state index is -0.550. The predicted molar refractivity (Wildman–Crippen MR) is 103 cm³/mol. The number of benzene rings is 1. The Labute approximate surface area is 168 Å². The number of carbonyl (C=O) groups excluding carboxylic acids is 1. The normalized spacial score (nSPS) is 25.8. The van der Waals surface area contributed by atoms with Gasteiger partial charge in [-0.05, 0) is 38.4 Å². The number of hydrogen-bond acceptors (Lipinski definition) is 8. The fraction of sp³-hybridized carbons (Fsp3) is 0.526. The number of aromatic nitrogens is 3. The molecule has 1 amide bonds. The molecule has 29 heavy (non-hydrogen) atoms. The van der Waals surface area contributed by atoms with Crippen molar-refractivity contribution < 1.29 is 23.7 Å². The van der Waals surface area contributed by atoms with Gasteiger partial charge in [0.1, 0.15) is 24.0 Å². The van der Waals surface area contributed by atoms with Crippen LogP contribution in [0.15, 0.2) is 30.5 Å². The molecule has 2 aliphatic heterocycles. The van der Waals surface area contributed by atoms with Crippen LogP contribution in [-0.4, -0.2) is 78.7 Å². The molecular formula is C19H25N5O5. The van der Waals surface area contributed by atoms with Crippen LogP contribution in [0.4, 0.5) is 10.5 Å². The molecule has 10 heteroatoms. The Hall–Kier alpha value is -2.69. The highest BCUT2D eigenvalue weighted by molar-refractivity contribution is 5.84. The van der Waals surface area contributed by atoms with Crippen molar-refractivity contribution in [3.05, 3.63) is 36.2 Å². The summed E-state index contributed by atoms with van der Waals surface area (Å²) in [7, 11) is 5.55. The molecule has 156 valence electrons. The summed E-state index contributed by atoms with van der Waals surface area (Å²) in [5.74, 6) is 0.711. The van der Waals surface area contributed by atoms with Crippen LogP contribution in [0.3, 0.4) is 0 Å². The van der Waals surface area contributed by atoms with E-state index >= 15 is 0 Å². The van der Waals surface area contributed by atoms with E-state index in [0.717, 1.165) is 5.69 Å². The van der Waals surface area contributed by atoms with Gasteiger partial charge in [-0.3, -0.25) is 5.32 Å². The topological polar surface area (TPSA) is 100.0 Å². The quantitative estimate of drug-likeness (QED) is 0.771. The Bertz CT molecular complexity index is 840. The molecule has 1 aromatic heterocycles. The van der Waals surface area contributed by atoms with Crippen LogP contribution < -0.4 is 10.1 Å². The van der Waals surface area contributed by atoms with Gasteiger partial charge < -0.3 is 23.8 Å². The number of carbonyl (C=O) groups is 1. The van der Waals surface area contributed by atoms with E-state index in [1.54, 1.807) is 36.1 Å². The Morgan fingerprint density at radius 3 is 2.72 bits per heavy atom. The zero-order valence-corrected chi connectivity index (χ0v) is 16.6. The summed E-state index contributed by atoms with van der Waals surface area (Å²) in [4.78, 5) is 14.3. The van der Waals surface area contributed by atoms with Gasteiger partial charge in [-0.2, -0.15) is 0 Å². The van der Waals surface area contributed by atoms with Gasteiger partial charge in [0, 0.05) is 12.2 Å². The van der Waals surface area contributed by atoms with Crippen molar-refractivity contribution in [2.75, 3.05) is 39.7 Å². The van der Waals surface area contributed by atoms with Crippen molar-refractivity contribution in [1.29, 1.82) is 0 Å². The van der Waals surface area contributed by atoms with Crippen LogP contribution >= 0.6 is 0 Å². The van der Waals surface area contributed by atoms with Gasteiger partial charge in [0.25, 0.3) is 0 Å². The second kappa shape index (κ2) is 8.36. The minimum absolute atomic E-state index is 0.0957. The van der Waals surface area contributed by atoms with Gasteiger partial charge in [0.05, 0.1) is 32.2 Å². The van der Waals surface area contributed by atoms with Gasteiger partial charge in [-0.15, -0.1) is 5.10 Å². The lowest BCUT2D eigenvalue weighted by Crippen LogP contribution is -2.34. The van der Waals surface area contributed by atoms with Crippen LogP contribution in [0.1, 0.15) is 11.7 Å². The molecule has 3 heterocycles. The Balaban J connectivity index is 1.33. The number of nitrogens with one attached hydrogen (secondary N) is 1. The molecule has 0 bridgehead atoms. The summed E-state index contributed by atoms with van der Waals surface area (Å²) in [6, 6.07) is 6.91. The van der Waals surface area contributed by atoms with Crippen molar-refractivity contribution in [2.24, 2.45) is 0 Å². The van der Waals surface area contributed by atoms with Gasteiger partial charge >= 0.3 is 6.09 Å². The van der Waals surface area contributed by atoms with Gasteiger partial charge in [0.15, 0.2) is 6.10 Å². The number of rotatable bonds is 6. The molecule has 1 aromatic carbocycles. The highest BCUT2D eigenvalue weighted by Crippen LogP contribution is 2.35. The standard InChI is InChI=1S/C19H25N5O5/c1-23(2)8-13-9-24(22-21-13)15-10-27-18-16(11-28-17(15)18)29-19(25)20-12-4-6-14(26-3)7-5-12/h4-7,9,15-18H,8,10-11H2,1-3H3,(H,20,25). The number of anilines is 1. The SMILES string of the molecule is COc1ccc(NC(=O)OC2COC3C2OCC3n2cc(CN(C)C)nn2)cc1. The Morgan fingerprint density at radius 2 is 2.00 bits per heavy atom. The first kappa shape index (κ1) is 19.6. The number of hydrogen-bond donors (Lipinski definition) is 1. The summed E-state index contributed by atoms with van der Waals surface area (Å²) in [5, 5.41) is 11.1. The maximum Gasteiger partial charge on any atom is 0.412 e. The van der Waals surface area contributed by atoms with E-state index in [2.05, 4.69) is 15.6 Å². The molecule has 4 rings (SSSR count). The largest absolute Gasteiger partial charge is 0.497 e. The second-order valence-electron chi connectivity index (χ2n) is 7.39. The zero-order valence-electron chi connectivity index (χ0n) is 16.6. The van der Waals surface area contributed by atoms with E-state index in [4.69, 9.17) is 18.9 Å². The lowest BCUT2D eigenvalue weighted by atomic mass is 10.1. The molecule has 4 atom stereocenters. The van der Waals surface area contributed by atoms with Crippen LogP contribution in [0.2, 0.25) is 0 Å². The summed E-state index contributed by atoms with van der Waals surface area (Å²) in [5.41, 5.74) is 1.50. The van der Waals surface area contributed by atoms with E-state index in [1.165, 1.54) is 0 Å². The van der Waals surface area contributed by atoms with E-state index in [0.29, 0.717) is 24.6 Å². The number of amides is 1. The van der Waals surface area contributed by atoms with Gasteiger partial charge in [-0.1, -0.05) is 5.21 Å². The van der Waals surface area contributed by atoms with Gasteiger partial charge in [0.2, 0.25) is 0 Å². The number of ether oxygens (including phenoxy) is 4. The highest BCUT2D eigenvalue weighted by atomic mass is 16.6. The van der Waals surface area contributed by atoms with Crippen molar-refractivity contribution >= 4 is 11.8 Å². The van der Waals surface area contributed by atoms with E-state index in [1.807, 2.05) is 25.2 Å². The molecular weight excluding hydrogens is 378 g/mol. The van der Waals surface area contributed by atoms with Crippen LogP contribution in [0.25, 0.3) is 0 Å². The molecule has 0 saturated carbocycles. The Kier molecular flexibility index (Phi) is 5.65. The number of methoxy groups -OCH3 is 1. The predicted octanol–water partition coefficient (Wildman–Crippen LogP) is 1.30. The molecule has 2 aromatic rings. The first-order chi connectivity index (χ1) is 14.0. The first-order valence-electron chi connectivity index (χ1n) is 9.44. The molecule has 0 radical (unpaired) electrons. The average molecular weight is 403 g/mol. The lowest BCUT2D eigenvalue weighted by Gasteiger charge is -2.17. The second-order valence-corrected chi connectivity index (χ2v) is 7.39. The van der Waals surface area contributed by atoms with E-state index in [-0.39, 0.29) is 24.9 Å². The summed E-state index contributed by atoms with van der Waals surface area (Å²) in [6.45, 7) is 1.42. The first-order valence-corrected chi connectivity index (χ1v) is 9.44. The highest BCUT2D eigenvalue weighted by Gasteiger charge is 2.50. The maximum atomic E-state index is 12.3. The lowest BCUT2D eigenvalue weighted by molar-refractivity contribution is 0.00770. The van der Waals surface area contributed by atoms with Gasteiger partial charge in [-0.25, -0.2) is 9.48 Å². The molecule has 0 aliphatic carbocycles.